The van der Waals surface area contributed by atoms with Crippen LogP contribution in [-0.2, 0) is 6.42 Å². The van der Waals surface area contributed by atoms with Crippen molar-refractivity contribution in [2.75, 3.05) is 13.1 Å². The number of carbonyl (C=O) groups is 1. The van der Waals surface area contributed by atoms with Crippen molar-refractivity contribution in [1.29, 1.82) is 0 Å². The standard InChI is InChI=1S/C15H20ClN5O/c1-2-13-14(15(22)18-9-4-3-8-17)19-20-21(13)12-7-5-6-11(16)10-12/h5-7,10H,2-4,8-9,17H2,1H3,(H,18,22). The third-order valence-electron chi connectivity index (χ3n) is 3.28. The number of rotatable bonds is 7. The van der Waals surface area contributed by atoms with Crippen molar-refractivity contribution < 1.29 is 4.79 Å². The first-order chi connectivity index (χ1) is 10.7. The minimum atomic E-state index is -0.206. The number of unbranched alkanes of at least 4 members (excludes halogenated alkanes) is 1. The Labute approximate surface area is 134 Å². The maximum atomic E-state index is 12.2. The number of nitrogens with zero attached hydrogens (tertiary/aromatic N) is 3. The van der Waals surface area contributed by atoms with E-state index in [2.05, 4.69) is 15.6 Å². The molecular weight excluding hydrogens is 302 g/mol. The third-order valence-corrected chi connectivity index (χ3v) is 3.52. The Morgan fingerprint density at radius 2 is 2.23 bits per heavy atom. The van der Waals surface area contributed by atoms with Crippen LogP contribution in [0.3, 0.4) is 0 Å². The fourth-order valence-electron chi connectivity index (χ4n) is 2.17. The lowest BCUT2D eigenvalue weighted by Gasteiger charge is -2.07. The minimum absolute atomic E-state index is 0.206. The van der Waals surface area contributed by atoms with Crippen molar-refractivity contribution in [2.45, 2.75) is 26.2 Å². The van der Waals surface area contributed by atoms with Crippen LogP contribution in [0.1, 0.15) is 35.9 Å². The van der Waals surface area contributed by atoms with E-state index >= 15 is 0 Å². The van der Waals surface area contributed by atoms with E-state index in [0.717, 1.165) is 24.2 Å². The van der Waals surface area contributed by atoms with Gasteiger partial charge < -0.3 is 11.1 Å². The molecule has 118 valence electrons. The van der Waals surface area contributed by atoms with E-state index in [4.69, 9.17) is 17.3 Å². The summed E-state index contributed by atoms with van der Waals surface area (Å²) in [4.78, 5) is 12.2. The molecule has 1 aromatic heterocycles. The molecule has 2 aromatic rings. The summed E-state index contributed by atoms with van der Waals surface area (Å²) in [5.41, 5.74) is 7.34. The molecule has 0 saturated carbocycles. The zero-order valence-corrected chi connectivity index (χ0v) is 13.3. The molecule has 0 spiro atoms. The highest BCUT2D eigenvalue weighted by molar-refractivity contribution is 6.30. The van der Waals surface area contributed by atoms with E-state index in [1.165, 1.54) is 0 Å². The average molecular weight is 322 g/mol. The lowest BCUT2D eigenvalue weighted by Crippen LogP contribution is -2.26. The number of carbonyl (C=O) groups excluding carboxylic acids is 1. The molecule has 0 bridgehead atoms. The average Bonchev–Trinajstić information content (AvgIpc) is 2.95. The van der Waals surface area contributed by atoms with Crippen LogP contribution in [0, 0.1) is 0 Å². The molecule has 1 amide bonds. The SMILES string of the molecule is CCc1c(C(=O)NCCCCN)nnn1-c1cccc(Cl)c1. The maximum Gasteiger partial charge on any atom is 0.273 e. The molecule has 0 saturated heterocycles. The van der Waals surface area contributed by atoms with E-state index in [1.54, 1.807) is 16.8 Å². The minimum Gasteiger partial charge on any atom is -0.351 e. The maximum absolute atomic E-state index is 12.2. The number of halogens is 1. The van der Waals surface area contributed by atoms with E-state index in [1.807, 2.05) is 19.1 Å². The molecule has 0 aliphatic rings. The summed E-state index contributed by atoms with van der Waals surface area (Å²) in [7, 11) is 0. The largest absolute Gasteiger partial charge is 0.351 e. The normalized spacial score (nSPS) is 10.7. The van der Waals surface area contributed by atoms with Crippen LogP contribution in [0.4, 0.5) is 0 Å². The second-order valence-corrected chi connectivity index (χ2v) is 5.32. The van der Waals surface area contributed by atoms with Crippen molar-refractivity contribution in [3.8, 4) is 5.69 Å². The van der Waals surface area contributed by atoms with Crippen LogP contribution >= 0.6 is 11.6 Å². The van der Waals surface area contributed by atoms with Gasteiger partial charge in [-0.1, -0.05) is 29.8 Å². The second-order valence-electron chi connectivity index (χ2n) is 4.88. The molecule has 7 heteroatoms. The van der Waals surface area contributed by atoms with Gasteiger partial charge in [0, 0.05) is 11.6 Å². The monoisotopic (exact) mass is 321 g/mol. The molecule has 0 atom stereocenters. The van der Waals surface area contributed by atoms with Crippen molar-refractivity contribution in [1.82, 2.24) is 20.3 Å². The molecule has 1 heterocycles. The molecule has 3 N–H and O–H groups in total. The summed E-state index contributed by atoms with van der Waals surface area (Å²) in [5, 5.41) is 11.6. The van der Waals surface area contributed by atoms with Crippen LogP contribution in [0.25, 0.3) is 5.69 Å². The van der Waals surface area contributed by atoms with Crippen LogP contribution in [0.5, 0.6) is 0 Å². The summed E-state index contributed by atoms with van der Waals surface area (Å²) >= 11 is 6.01. The Morgan fingerprint density at radius 1 is 1.41 bits per heavy atom. The van der Waals surface area contributed by atoms with Gasteiger partial charge in [-0.15, -0.1) is 5.10 Å². The Hall–Kier alpha value is -1.92. The number of nitrogens with two attached hydrogens (primary N) is 1. The van der Waals surface area contributed by atoms with Gasteiger partial charge in [0.25, 0.3) is 5.91 Å². The predicted octanol–water partition coefficient (Wildman–Crippen LogP) is 1.95. The number of hydrogen-bond acceptors (Lipinski definition) is 4. The Bertz CT molecular complexity index is 641. The topological polar surface area (TPSA) is 85.8 Å². The Balaban J connectivity index is 2.18. The zero-order chi connectivity index (χ0) is 15.9. The smallest absolute Gasteiger partial charge is 0.273 e. The van der Waals surface area contributed by atoms with Gasteiger partial charge >= 0.3 is 0 Å². The van der Waals surface area contributed by atoms with Crippen LogP contribution < -0.4 is 11.1 Å². The van der Waals surface area contributed by atoms with Gasteiger partial charge in [-0.3, -0.25) is 4.79 Å². The van der Waals surface area contributed by atoms with E-state index in [9.17, 15) is 4.79 Å². The van der Waals surface area contributed by atoms with Gasteiger partial charge in [-0.2, -0.15) is 0 Å². The molecule has 22 heavy (non-hydrogen) atoms. The first kappa shape index (κ1) is 16.5. The molecule has 0 radical (unpaired) electrons. The number of benzene rings is 1. The van der Waals surface area contributed by atoms with Crippen molar-refractivity contribution in [2.24, 2.45) is 5.73 Å². The summed E-state index contributed by atoms with van der Waals surface area (Å²) < 4.78 is 1.65. The number of amides is 1. The zero-order valence-electron chi connectivity index (χ0n) is 12.6. The molecule has 0 aliphatic heterocycles. The lowest BCUT2D eigenvalue weighted by atomic mass is 10.2. The fourth-order valence-corrected chi connectivity index (χ4v) is 2.35. The first-order valence-corrected chi connectivity index (χ1v) is 7.74. The van der Waals surface area contributed by atoms with Crippen LogP contribution in [0.2, 0.25) is 5.02 Å². The van der Waals surface area contributed by atoms with Gasteiger partial charge in [0.1, 0.15) is 0 Å². The first-order valence-electron chi connectivity index (χ1n) is 7.36. The summed E-state index contributed by atoms with van der Waals surface area (Å²) in [6.07, 6.45) is 2.38. The van der Waals surface area contributed by atoms with Crippen LogP contribution in [-0.4, -0.2) is 34.0 Å². The lowest BCUT2D eigenvalue weighted by molar-refractivity contribution is 0.0947. The Morgan fingerprint density at radius 3 is 2.91 bits per heavy atom. The molecular formula is C15H20ClN5O. The summed E-state index contributed by atoms with van der Waals surface area (Å²) in [6, 6.07) is 7.30. The number of hydrogen-bond donors (Lipinski definition) is 2. The number of aromatic nitrogens is 3. The quantitative estimate of drug-likeness (QED) is 0.763. The highest BCUT2D eigenvalue weighted by Gasteiger charge is 2.18. The Kier molecular flexibility index (Phi) is 5.91. The number of nitrogens with one attached hydrogen (secondary N) is 1. The van der Waals surface area contributed by atoms with E-state index in [0.29, 0.717) is 30.2 Å². The van der Waals surface area contributed by atoms with Gasteiger partial charge in [0.05, 0.1) is 11.4 Å². The van der Waals surface area contributed by atoms with Crippen molar-refractivity contribution >= 4 is 17.5 Å². The molecule has 0 aliphatic carbocycles. The summed E-state index contributed by atoms with van der Waals surface area (Å²) in [6.45, 7) is 3.18. The fraction of sp³-hybridized carbons (Fsp3) is 0.400. The molecule has 6 nitrogen and oxygen atoms in total. The molecule has 1 aromatic carbocycles. The van der Waals surface area contributed by atoms with Gasteiger partial charge in [0.15, 0.2) is 5.69 Å². The highest BCUT2D eigenvalue weighted by atomic mass is 35.5. The molecule has 2 rings (SSSR count). The third kappa shape index (κ3) is 3.84. The van der Waals surface area contributed by atoms with Gasteiger partial charge in [-0.05, 0) is 44.0 Å². The molecule has 0 fully saturated rings. The summed E-state index contributed by atoms with van der Waals surface area (Å²) in [5.74, 6) is -0.206. The van der Waals surface area contributed by atoms with E-state index < -0.39 is 0 Å². The predicted molar refractivity (Wildman–Crippen MR) is 86.4 cm³/mol. The van der Waals surface area contributed by atoms with Crippen molar-refractivity contribution in [3.05, 3.63) is 40.7 Å². The van der Waals surface area contributed by atoms with Gasteiger partial charge in [0.2, 0.25) is 0 Å². The van der Waals surface area contributed by atoms with Crippen LogP contribution in [0.15, 0.2) is 24.3 Å². The second kappa shape index (κ2) is 7.91. The van der Waals surface area contributed by atoms with Crippen molar-refractivity contribution in [3.63, 3.8) is 0 Å². The molecule has 0 unspecified atom stereocenters. The van der Waals surface area contributed by atoms with Gasteiger partial charge in [-0.25, -0.2) is 4.68 Å². The highest BCUT2D eigenvalue weighted by Crippen LogP contribution is 2.17. The van der Waals surface area contributed by atoms with E-state index in [-0.39, 0.29) is 5.91 Å².